The first-order valence-corrected chi connectivity index (χ1v) is 26.7. The molecule has 0 saturated carbocycles. The third-order valence-corrected chi connectivity index (χ3v) is 20.3. The van der Waals surface area contributed by atoms with Crippen LogP contribution in [0.2, 0.25) is 0 Å². The molecule has 0 aliphatic heterocycles. The summed E-state index contributed by atoms with van der Waals surface area (Å²) >= 11 is 0. The van der Waals surface area contributed by atoms with Crippen LogP contribution in [0.5, 0.6) is 0 Å². The fourth-order valence-corrected chi connectivity index (χ4v) is 17.4. The van der Waals surface area contributed by atoms with Crippen LogP contribution in [0.25, 0.3) is 93.6 Å². The van der Waals surface area contributed by atoms with Crippen molar-refractivity contribution in [2.24, 2.45) is 0 Å². The highest BCUT2D eigenvalue weighted by atomic mass is 28.3. The number of aromatic nitrogens is 3. The van der Waals surface area contributed by atoms with E-state index in [9.17, 15) is 0 Å². The molecule has 71 heavy (non-hydrogen) atoms. The topological polar surface area (TPSA) is 14.8 Å². The number of para-hydroxylation sites is 6. The van der Waals surface area contributed by atoms with Crippen molar-refractivity contribution < 1.29 is 0 Å². The summed E-state index contributed by atoms with van der Waals surface area (Å²) in [4.78, 5) is 0. The molecular formula is C67H45N3Si. The van der Waals surface area contributed by atoms with Crippen molar-refractivity contribution in [1.82, 2.24) is 13.7 Å². The van der Waals surface area contributed by atoms with Gasteiger partial charge in [0.05, 0.1) is 33.1 Å². The smallest absolute Gasteiger partial charge is 0.179 e. The maximum Gasteiger partial charge on any atom is 0.179 e. The van der Waals surface area contributed by atoms with Gasteiger partial charge in [-0.1, -0.05) is 194 Å². The number of nitrogens with zero attached hydrogens (tertiary/aromatic N) is 3. The Bertz CT molecular complexity index is 4110. The lowest BCUT2D eigenvalue weighted by Crippen LogP contribution is -2.74. The van der Waals surface area contributed by atoms with E-state index in [1.165, 1.54) is 114 Å². The number of fused-ring (bicyclic) bond motifs is 12. The summed E-state index contributed by atoms with van der Waals surface area (Å²) in [6.45, 7) is 0. The van der Waals surface area contributed by atoms with E-state index in [1.807, 2.05) is 0 Å². The molecule has 0 amide bonds. The van der Waals surface area contributed by atoms with Crippen LogP contribution in [0, 0.1) is 0 Å². The molecule has 3 heterocycles. The minimum absolute atomic E-state index is 0.908. The lowest BCUT2D eigenvalue weighted by Gasteiger charge is -2.35. The molecule has 0 atom stereocenters. The average molecular weight is 920 g/mol. The van der Waals surface area contributed by atoms with Crippen molar-refractivity contribution in [3.05, 3.63) is 272 Å². The predicted molar refractivity (Wildman–Crippen MR) is 301 cm³/mol. The van der Waals surface area contributed by atoms with Gasteiger partial charge in [0, 0.05) is 49.4 Å². The maximum atomic E-state index is 2.59. The van der Waals surface area contributed by atoms with Crippen molar-refractivity contribution in [2.45, 2.75) is 6.42 Å². The summed E-state index contributed by atoms with van der Waals surface area (Å²) in [6, 6.07) is 98.4. The number of rotatable bonds is 7. The van der Waals surface area contributed by atoms with Crippen molar-refractivity contribution in [3.63, 3.8) is 0 Å². The minimum Gasteiger partial charge on any atom is -0.309 e. The molecule has 1 aliphatic rings. The molecule has 0 radical (unpaired) electrons. The zero-order chi connectivity index (χ0) is 46.6. The van der Waals surface area contributed by atoms with E-state index in [4.69, 9.17) is 0 Å². The summed E-state index contributed by atoms with van der Waals surface area (Å²) < 4.78 is 7.47. The van der Waals surface area contributed by atoms with Crippen LogP contribution in [0.15, 0.2) is 261 Å². The van der Waals surface area contributed by atoms with Gasteiger partial charge in [0.25, 0.3) is 0 Å². The second kappa shape index (κ2) is 15.5. The summed E-state index contributed by atoms with van der Waals surface area (Å²) in [6.07, 6.45) is 0.908. The molecule has 3 aromatic heterocycles. The zero-order valence-electron chi connectivity index (χ0n) is 38.9. The molecular weight excluding hydrogens is 875 g/mol. The van der Waals surface area contributed by atoms with Gasteiger partial charge in [0.2, 0.25) is 0 Å². The lowest BCUT2D eigenvalue weighted by atomic mass is 10.0. The van der Waals surface area contributed by atoms with Crippen LogP contribution in [0.1, 0.15) is 11.1 Å². The summed E-state index contributed by atoms with van der Waals surface area (Å²) in [5.41, 5.74) is 16.1. The molecule has 14 aromatic rings. The summed E-state index contributed by atoms with van der Waals surface area (Å²) in [7, 11) is -3.19. The van der Waals surface area contributed by atoms with Crippen LogP contribution >= 0.6 is 0 Å². The molecule has 0 N–H and O–H groups in total. The Morgan fingerprint density at radius 1 is 0.239 bits per heavy atom. The predicted octanol–water partition coefficient (Wildman–Crippen LogP) is 13.9. The Hall–Kier alpha value is -8.96. The number of hydrogen-bond acceptors (Lipinski definition) is 0. The third kappa shape index (κ3) is 5.83. The van der Waals surface area contributed by atoms with Crippen molar-refractivity contribution in [3.8, 4) is 28.2 Å². The standard InChI is InChI=1S/C67H45N3Si/c1-3-19-50(20-4-1)71(51-21-5-2-6-22-51,52-38-36-46-39-45-35-37-47(43-60(45)61(46)44-52)68-62-29-13-7-23-54(62)55-24-8-14-30-63(55)68)53-41-48(69-64-31-15-9-25-56(64)57-26-10-16-32-65(57)69)40-49(42-53)70-66-33-17-11-27-58(66)59-28-12-18-34-67(59)70/h1-38,40-44H,39H2. The van der Waals surface area contributed by atoms with E-state index < -0.39 is 8.07 Å². The maximum absolute atomic E-state index is 3.19. The molecule has 0 saturated heterocycles. The average Bonchev–Trinajstić information content (AvgIpc) is 4.18. The second-order valence-corrected chi connectivity index (χ2v) is 23.0. The van der Waals surface area contributed by atoms with Crippen LogP contribution in [0.4, 0.5) is 0 Å². The highest BCUT2D eigenvalue weighted by Crippen LogP contribution is 2.41. The van der Waals surface area contributed by atoms with Gasteiger partial charge < -0.3 is 13.7 Å². The fourth-order valence-electron chi connectivity index (χ4n) is 12.6. The first-order valence-electron chi connectivity index (χ1n) is 24.7. The Balaban J connectivity index is 1.04. The third-order valence-electron chi connectivity index (χ3n) is 15.6. The molecule has 4 heteroatoms. The molecule has 0 unspecified atom stereocenters. The lowest BCUT2D eigenvalue weighted by molar-refractivity contribution is 1.14. The number of benzene rings is 11. The molecule has 3 nitrogen and oxygen atoms in total. The van der Waals surface area contributed by atoms with E-state index in [1.54, 1.807) is 0 Å². The molecule has 11 aromatic carbocycles. The van der Waals surface area contributed by atoms with Crippen LogP contribution in [-0.2, 0) is 6.42 Å². The van der Waals surface area contributed by atoms with Crippen molar-refractivity contribution >= 4 is 94.2 Å². The molecule has 0 fully saturated rings. The first kappa shape index (κ1) is 40.0. The normalized spacial score (nSPS) is 12.5. The molecule has 1 aliphatic carbocycles. The van der Waals surface area contributed by atoms with Crippen LogP contribution in [-0.4, -0.2) is 21.8 Å². The number of hydrogen-bond donors (Lipinski definition) is 0. The van der Waals surface area contributed by atoms with Gasteiger partial charge in [-0.2, -0.15) is 0 Å². The van der Waals surface area contributed by atoms with Crippen LogP contribution in [0.3, 0.4) is 0 Å². The van der Waals surface area contributed by atoms with Gasteiger partial charge in [-0.3, -0.25) is 0 Å². The molecule has 332 valence electrons. The molecule has 0 bridgehead atoms. The Morgan fingerprint density at radius 3 is 0.986 bits per heavy atom. The Morgan fingerprint density at radius 2 is 0.577 bits per heavy atom. The molecule has 0 spiro atoms. The Kier molecular flexibility index (Phi) is 8.74. The van der Waals surface area contributed by atoms with E-state index >= 15 is 0 Å². The fraction of sp³-hybridized carbons (Fsp3) is 0.0149. The highest BCUT2D eigenvalue weighted by Gasteiger charge is 2.43. The van der Waals surface area contributed by atoms with Gasteiger partial charge >= 0.3 is 0 Å². The monoisotopic (exact) mass is 919 g/mol. The first-order chi connectivity index (χ1) is 35.2. The van der Waals surface area contributed by atoms with Crippen molar-refractivity contribution in [1.29, 1.82) is 0 Å². The van der Waals surface area contributed by atoms with E-state index in [0.717, 1.165) is 17.8 Å². The van der Waals surface area contributed by atoms with Gasteiger partial charge in [0.1, 0.15) is 0 Å². The van der Waals surface area contributed by atoms with E-state index in [2.05, 4.69) is 275 Å². The Labute approximate surface area is 412 Å². The van der Waals surface area contributed by atoms with E-state index in [-0.39, 0.29) is 0 Å². The SMILES string of the molecule is c1ccc([Si](c2ccccc2)(c2cc(-n3c4ccccc4c4ccccc43)cc(-n3c4ccccc4c4ccccc43)c2)c2ccc3c(c2)-c2cc(-n4c5ccccc5c5ccccc54)ccc2C3)cc1. The minimum atomic E-state index is -3.19. The highest BCUT2D eigenvalue weighted by molar-refractivity contribution is 7.20. The van der Waals surface area contributed by atoms with Gasteiger partial charge in [0.15, 0.2) is 8.07 Å². The van der Waals surface area contributed by atoms with E-state index in [0.29, 0.717) is 0 Å². The zero-order valence-corrected chi connectivity index (χ0v) is 39.9. The summed E-state index contributed by atoms with van der Waals surface area (Å²) in [5, 5.41) is 12.9. The van der Waals surface area contributed by atoms with Gasteiger partial charge in [-0.15, -0.1) is 0 Å². The van der Waals surface area contributed by atoms with Crippen LogP contribution < -0.4 is 20.7 Å². The quantitative estimate of drug-likeness (QED) is 0.112. The summed E-state index contributed by atoms with van der Waals surface area (Å²) in [5.74, 6) is 0. The van der Waals surface area contributed by atoms with Crippen molar-refractivity contribution in [2.75, 3.05) is 0 Å². The molecule has 15 rings (SSSR count). The van der Waals surface area contributed by atoms with Gasteiger partial charge in [-0.25, -0.2) is 0 Å². The largest absolute Gasteiger partial charge is 0.309 e. The van der Waals surface area contributed by atoms with Gasteiger partial charge in [-0.05, 0) is 116 Å². The second-order valence-electron chi connectivity index (χ2n) is 19.2.